The van der Waals surface area contributed by atoms with Crippen molar-refractivity contribution in [2.24, 2.45) is 5.92 Å². The fourth-order valence-corrected chi connectivity index (χ4v) is 5.94. The molecule has 19 heavy (non-hydrogen) atoms. The molecule has 1 saturated carbocycles. The van der Waals surface area contributed by atoms with Gasteiger partial charge in [0.1, 0.15) is 0 Å². The first-order valence-electron chi connectivity index (χ1n) is 7.90. The molecule has 0 aromatic carbocycles. The summed E-state index contributed by atoms with van der Waals surface area (Å²) in [5, 5.41) is 3.67. The second-order valence-electron chi connectivity index (χ2n) is 6.91. The molecular weight excluding hydrogens is 258 g/mol. The zero-order valence-electron chi connectivity index (χ0n) is 12.5. The molecule has 1 saturated heterocycles. The van der Waals surface area contributed by atoms with Gasteiger partial charge in [0, 0.05) is 11.6 Å². The monoisotopic (exact) mass is 287 g/mol. The van der Waals surface area contributed by atoms with Crippen molar-refractivity contribution in [2.45, 2.75) is 76.8 Å². The second-order valence-corrected chi connectivity index (χ2v) is 9.09. The van der Waals surface area contributed by atoms with Gasteiger partial charge in [-0.1, -0.05) is 32.6 Å². The average molecular weight is 287 g/mol. The fraction of sp³-hybridized carbons (Fsp3) is 1.00. The summed E-state index contributed by atoms with van der Waals surface area (Å²) in [6.45, 7) is 4.36. The summed E-state index contributed by atoms with van der Waals surface area (Å²) in [7, 11) is -2.80. The van der Waals surface area contributed by atoms with Crippen molar-refractivity contribution >= 4 is 9.84 Å². The molecule has 0 aromatic heterocycles. The minimum atomic E-state index is -2.80. The van der Waals surface area contributed by atoms with E-state index in [-0.39, 0.29) is 5.54 Å². The molecule has 1 heterocycles. The number of hydrogen-bond acceptors (Lipinski definition) is 3. The first kappa shape index (κ1) is 15.3. The molecule has 2 aliphatic rings. The third-order valence-electron chi connectivity index (χ3n) is 4.84. The fourth-order valence-electron chi connectivity index (χ4n) is 3.84. The van der Waals surface area contributed by atoms with Crippen molar-refractivity contribution in [3.8, 4) is 0 Å². The molecule has 3 unspecified atom stereocenters. The van der Waals surface area contributed by atoms with E-state index in [1.165, 1.54) is 44.9 Å². The van der Waals surface area contributed by atoms with Crippen LogP contribution in [-0.4, -0.2) is 31.5 Å². The van der Waals surface area contributed by atoms with Crippen LogP contribution < -0.4 is 5.32 Å². The average Bonchev–Trinajstić information content (AvgIpc) is 2.50. The van der Waals surface area contributed by atoms with E-state index in [0.29, 0.717) is 17.5 Å². The Morgan fingerprint density at radius 1 is 1.21 bits per heavy atom. The second kappa shape index (κ2) is 6.13. The van der Waals surface area contributed by atoms with Gasteiger partial charge < -0.3 is 5.32 Å². The molecule has 0 spiro atoms. The lowest BCUT2D eigenvalue weighted by Crippen LogP contribution is -2.49. The lowest BCUT2D eigenvalue weighted by molar-refractivity contribution is 0.314. The molecule has 1 aliphatic carbocycles. The molecule has 0 bridgehead atoms. The number of rotatable bonds is 4. The number of sulfone groups is 1. The van der Waals surface area contributed by atoms with E-state index >= 15 is 0 Å². The normalized spacial score (nSPS) is 39.1. The summed E-state index contributed by atoms with van der Waals surface area (Å²) in [6.07, 6.45) is 9.85. The van der Waals surface area contributed by atoms with Gasteiger partial charge in [-0.3, -0.25) is 0 Å². The zero-order chi connectivity index (χ0) is 13.9. The van der Waals surface area contributed by atoms with Crippen molar-refractivity contribution in [1.29, 1.82) is 0 Å². The maximum Gasteiger partial charge on any atom is 0.152 e. The SMILES string of the molecule is CCCC1CCCC(NC2(C)CCS(=O)(=O)C2)CC1. The highest BCUT2D eigenvalue weighted by atomic mass is 32.2. The Kier molecular flexibility index (Phi) is 4.93. The van der Waals surface area contributed by atoms with Crippen molar-refractivity contribution in [1.82, 2.24) is 5.32 Å². The van der Waals surface area contributed by atoms with Gasteiger partial charge in [0.15, 0.2) is 9.84 Å². The predicted molar refractivity (Wildman–Crippen MR) is 80.1 cm³/mol. The molecule has 0 amide bonds. The number of hydrogen-bond donors (Lipinski definition) is 1. The quantitative estimate of drug-likeness (QED) is 0.809. The van der Waals surface area contributed by atoms with Gasteiger partial charge in [0.2, 0.25) is 0 Å². The van der Waals surface area contributed by atoms with Crippen LogP contribution in [0, 0.1) is 5.92 Å². The molecule has 3 nitrogen and oxygen atoms in total. The Labute approximate surface area is 118 Å². The Bertz CT molecular complexity index is 393. The van der Waals surface area contributed by atoms with Gasteiger partial charge in [0.25, 0.3) is 0 Å². The van der Waals surface area contributed by atoms with Crippen LogP contribution in [-0.2, 0) is 9.84 Å². The van der Waals surface area contributed by atoms with Crippen LogP contribution in [0.1, 0.15) is 65.2 Å². The van der Waals surface area contributed by atoms with Gasteiger partial charge in [0.05, 0.1) is 11.5 Å². The van der Waals surface area contributed by atoms with Crippen LogP contribution in [0.4, 0.5) is 0 Å². The first-order valence-corrected chi connectivity index (χ1v) is 9.73. The van der Waals surface area contributed by atoms with Crippen molar-refractivity contribution < 1.29 is 8.42 Å². The topological polar surface area (TPSA) is 46.2 Å². The maximum absolute atomic E-state index is 11.7. The molecule has 0 aromatic rings. The van der Waals surface area contributed by atoms with E-state index in [2.05, 4.69) is 19.2 Å². The van der Waals surface area contributed by atoms with Gasteiger partial charge in [-0.2, -0.15) is 0 Å². The first-order chi connectivity index (χ1) is 8.92. The van der Waals surface area contributed by atoms with Gasteiger partial charge in [-0.15, -0.1) is 0 Å². The lowest BCUT2D eigenvalue weighted by atomic mass is 9.95. The van der Waals surface area contributed by atoms with E-state index in [0.717, 1.165) is 12.3 Å². The Balaban J connectivity index is 1.86. The van der Waals surface area contributed by atoms with Crippen LogP contribution in [0.2, 0.25) is 0 Å². The summed E-state index contributed by atoms with van der Waals surface area (Å²) < 4.78 is 23.3. The highest BCUT2D eigenvalue weighted by Crippen LogP contribution is 2.30. The largest absolute Gasteiger partial charge is 0.308 e. The van der Waals surface area contributed by atoms with Crippen LogP contribution in [0.3, 0.4) is 0 Å². The highest BCUT2D eigenvalue weighted by molar-refractivity contribution is 7.91. The van der Waals surface area contributed by atoms with Gasteiger partial charge >= 0.3 is 0 Å². The Morgan fingerprint density at radius 2 is 2.00 bits per heavy atom. The Morgan fingerprint density at radius 3 is 2.63 bits per heavy atom. The maximum atomic E-state index is 11.7. The van der Waals surface area contributed by atoms with E-state index in [9.17, 15) is 8.42 Å². The number of nitrogens with one attached hydrogen (secondary N) is 1. The summed E-state index contributed by atoms with van der Waals surface area (Å²) in [5.74, 6) is 1.59. The summed E-state index contributed by atoms with van der Waals surface area (Å²) in [4.78, 5) is 0. The minimum absolute atomic E-state index is 0.173. The van der Waals surface area contributed by atoms with Crippen molar-refractivity contribution in [3.63, 3.8) is 0 Å². The molecule has 1 N–H and O–H groups in total. The molecule has 0 radical (unpaired) electrons. The molecule has 3 atom stereocenters. The minimum Gasteiger partial charge on any atom is -0.308 e. The molecule has 2 fully saturated rings. The van der Waals surface area contributed by atoms with Crippen LogP contribution in [0.25, 0.3) is 0 Å². The smallest absolute Gasteiger partial charge is 0.152 e. The van der Waals surface area contributed by atoms with E-state index < -0.39 is 9.84 Å². The highest BCUT2D eigenvalue weighted by Gasteiger charge is 2.39. The molecule has 112 valence electrons. The van der Waals surface area contributed by atoms with Crippen LogP contribution in [0.15, 0.2) is 0 Å². The van der Waals surface area contributed by atoms with E-state index in [4.69, 9.17) is 0 Å². The van der Waals surface area contributed by atoms with Crippen LogP contribution in [0.5, 0.6) is 0 Å². The predicted octanol–water partition coefficient (Wildman–Crippen LogP) is 2.90. The molecular formula is C15H29NO2S. The molecule has 1 aliphatic heterocycles. The van der Waals surface area contributed by atoms with Gasteiger partial charge in [-0.25, -0.2) is 8.42 Å². The van der Waals surface area contributed by atoms with Gasteiger partial charge in [-0.05, 0) is 38.5 Å². The molecule has 2 rings (SSSR count). The summed E-state index contributed by atoms with van der Waals surface area (Å²) in [5.41, 5.74) is -0.173. The van der Waals surface area contributed by atoms with Crippen molar-refractivity contribution in [2.75, 3.05) is 11.5 Å². The standard InChI is InChI=1S/C15H29NO2S/c1-3-5-13-6-4-7-14(9-8-13)16-15(2)10-11-19(17,18)12-15/h13-14,16H,3-12H2,1-2H3. The summed E-state index contributed by atoms with van der Waals surface area (Å²) in [6, 6.07) is 0.528. The third kappa shape index (κ3) is 4.45. The Hall–Kier alpha value is -0.0900. The van der Waals surface area contributed by atoms with E-state index in [1.54, 1.807) is 0 Å². The third-order valence-corrected chi connectivity index (χ3v) is 6.74. The van der Waals surface area contributed by atoms with E-state index in [1.807, 2.05) is 0 Å². The van der Waals surface area contributed by atoms with Crippen LogP contribution >= 0.6 is 0 Å². The lowest BCUT2D eigenvalue weighted by Gasteiger charge is -2.30. The van der Waals surface area contributed by atoms with Crippen molar-refractivity contribution in [3.05, 3.63) is 0 Å². The molecule has 4 heteroatoms. The zero-order valence-corrected chi connectivity index (χ0v) is 13.3. The summed E-state index contributed by atoms with van der Waals surface area (Å²) >= 11 is 0.